The normalized spacial score (nSPS) is 11.8. The zero-order valence-corrected chi connectivity index (χ0v) is 17.0. The number of aromatic nitrogens is 2. The van der Waals surface area contributed by atoms with E-state index in [0.29, 0.717) is 17.9 Å². The molecule has 0 aliphatic rings. The molecule has 0 unspecified atom stereocenters. The van der Waals surface area contributed by atoms with Crippen LogP contribution in [0.15, 0.2) is 52.5 Å². The summed E-state index contributed by atoms with van der Waals surface area (Å²) >= 11 is 1.61. The van der Waals surface area contributed by atoms with Gasteiger partial charge in [-0.2, -0.15) is 0 Å². The molecule has 0 bridgehead atoms. The summed E-state index contributed by atoms with van der Waals surface area (Å²) in [4.78, 5) is 4.74. The maximum absolute atomic E-state index is 11.6. The van der Waals surface area contributed by atoms with E-state index < -0.39 is 10.0 Å². The van der Waals surface area contributed by atoms with Gasteiger partial charge in [0.05, 0.1) is 22.5 Å². The van der Waals surface area contributed by atoms with Gasteiger partial charge in [0, 0.05) is 17.9 Å². The number of para-hydroxylation sites is 1. The molecule has 1 heterocycles. The number of thioether (sulfide) groups is 1. The number of imidazole rings is 1. The number of sulfonamides is 1. The van der Waals surface area contributed by atoms with Gasteiger partial charge in [-0.3, -0.25) is 0 Å². The number of hydrogen-bond donors (Lipinski definition) is 1. The second kappa shape index (κ2) is 8.33. The van der Waals surface area contributed by atoms with Gasteiger partial charge in [-0.15, -0.1) is 0 Å². The average molecular weight is 406 g/mol. The Morgan fingerprint density at radius 1 is 1.19 bits per heavy atom. The van der Waals surface area contributed by atoms with Crippen LogP contribution in [-0.2, 0) is 22.3 Å². The number of ether oxygens (including phenoxy) is 1. The summed E-state index contributed by atoms with van der Waals surface area (Å²) in [6.45, 7) is 5.49. The molecule has 0 spiro atoms. The SMILES string of the molecule is CCCn1c(SCc2ccccc2OCC)nc2cc(S(N)(=O)=O)ccc21. The Morgan fingerprint density at radius 2 is 1.96 bits per heavy atom. The first-order valence-corrected chi connectivity index (χ1v) is 11.3. The average Bonchev–Trinajstić information content (AvgIpc) is 2.98. The Hall–Kier alpha value is -2.03. The van der Waals surface area contributed by atoms with Crippen molar-refractivity contribution in [2.45, 2.75) is 42.6 Å². The van der Waals surface area contributed by atoms with Gasteiger partial charge in [0.1, 0.15) is 5.75 Å². The van der Waals surface area contributed by atoms with E-state index in [0.717, 1.165) is 35.0 Å². The van der Waals surface area contributed by atoms with Crippen molar-refractivity contribution < 1.29 is 13.2 Å². The van der Waals surface area contributed by atoms with E-state index in [1.54, 1.807) is 17.8 Å². The largest absolute Gasteiger partial charge is 0.494 e. The van der Waals surface area contributed by atoms with Gasteiger partial charge in [0.2, 0.25) is 10.0 Å². The van der Waals surface area contributed by atoms with Crippen LogP contribution < -0.4 is 9.88 Å². The minimum Gasteiger partial charge on any atom is -0.494 e. The minimum atomic E-state index is -3.75. The van der Waals surface area contributed by atoms with Gasteiger partial charge in [-0.25, -0.2) is 18.5 Å². The molecule has 0 atom stereocenters. The molecule has 6 nitrogen and oxygen atoms in total. The molecule has 0 radical (unpaired) electrons. The summed E-state index contributed by atoms with van der Waals surface area (Å²) in [6.07, 6.45) is 0.950. The lowest BCUT2D eigenvalue weighted by Crippen LogP contribution is -2.11. The first-order valence-electron chi connectivity index (χ1n) is 8.80. The van der Waals surface area contributed by atoms with Gasteiger partial charge >= 0.3 is 0 Å². The van der Waals surface area contributed by atoms with Crippen LogP contribution in [0.4, 0.5) is 0 Å². The van der Waals surface area contributed by atoms with E-state index in [9.17, 15) is 8.42 Å². The van der Waals surface area contributed by atoms with Crippen LogP contribution in [0.1, 0.15) is 25.8 Å². The fourth-order valence-corrected chi connectivity index (χ4v) is 4.44. The van der Waals surface area contributed by atoms with Gasteiger partial charge in [0.15, 0.2) is 5.16 Å². The lowest BCUT2D eigenvalue weighted by molar-refractivity contribution is 0.337. The smallest absolute Gasteiger partial charge is 0.238 e. The Balaban J connectivity index is 1.95. The number of rotatable bonds is 8. The van der Waals surface area contributed by atoms with Crippen molar-refractivity contribution in [2.75, 3.05) is 6.61 Å². The van der Waals surface area contributed by atoms with Crippen molar-refractivity contribution in [3.63, 3.8) is 0 Å². The number of primary sulfonamides is 1. The molecule has 3 aromatic rings. The van der Waals surface area contributed by atoms with Crippen LogP contribution in [0.2, 0.25) is 0 Å². The number of benzene rings is 2. The highest BCUT2D eigenvalue weighted by molar-refractivity contribution is 7.98. The first kappa shape index (κ1) is 19.7. The zero-order valence-electron chi connectivity index (χ0n) is 15.4. The van der Waals surface area contributed by atoms with Crippen molar-refractivity contribution in [1.29, 1.82) is 0 Å². The van der Waals surface area contributed by atoms with E-state index in [4.69, 9.17) is 9.88 Å². The van der Waals surface area contributed by atoms with Crippen molar-refractivity contribution >= 4 is 32.8 Å². The number of aryl methyl sites for hydroxylation is 1. The van der Waals surface area contributed by atoms with Crippen LogP contribution in [-0.4, -0.2) is 24.6 Å². The van der Waals surface area contributed by atoms with E-state index in [-0.39, 0.29) is 4.90 Å². The van der Waals surface area contributed by atoms with Gasteiger partial charge in [0.25, 0.3) is 0 Å². The summed E-state index contributed by atoms with van der Waals surface area (Å²) in [7, 11) is -3.75. The number of nitrogens with zero attached hydrogens (tertiary/aromatic N) is 2. The zero-order chi connectivity index (χ0) is 19.4. The van der Waals surface area contributed by atoms with Crippen molar-refractivity contribution in [2.24, 2.45) is 5.14 Å². The summed E-state index contributed by atoms with van der Waals surface area (Å²) in [5, 5.41) is 6.10. The number of hydrogen-bond acceptors (Lipinski definition) is 5. The van der Waals surface area contributed by atoms with Crippen LogP contribution in [0.3, 0.4) is 0 Å². The number of nitrogens with two attached hydrogens (primary N) is 1. The third kappa shape index (κ3) is 4.45. The quantitative estimate of drug-likeness (QED) is 0.576. The fraction of sp³-hybridized carbons (Fsp3) is 0.316. The van der Waals surface area contributed by atoms with Crippen LogP contribution in [0.5, 0.6) is 5.75 Å². The van der Waals surface area contributed by atoms with E-state index in [1.807, 2.05) is 31.2 Å². The van der Waals surface area contributed by atoms with Crippen LogP contribution >= 0.6 is 11.8 Å². The molecule has 0 aliphatic carbocycles. The highest BCUT2D eigenvalue weighted by Crippen LogP contribution is 2.31. The molecule has 0 saturated carbocycles. The number of fused-ring (bicyclic) bond motifs is 1. The summed E-state index contributed by atoms with van der Waals surface area (Å²) in [5.41, 5.74) is 2.64. The van der Waals surface area contributed by atoms with E-state index >= 15 is 0 Å². The molecular formula is C19H23N3O3S2. The van der Waals surface area contributed by atoms with E-state index in [2.05, 4.69) is 16.5 Å². The molecule has 2 aromatic carbocycles. The molecule has 0 amide bonds. The predicted molar refractivity (Wildman–Crippen MR) is 109 cm³/mol. The molecule has 144 valence electrons. The molecule has 2 N–H and O–H groups in total. The molecule has 1 aromatic heterocycles. The molecule has 0 aliphatic heterocycles. The van der Waals surface area contributed by atoms with Crippen LogP contribution in [0.25, 0.3) is 11.0 Å². The molecular weight excluding hydrogens is 382 g/mol. The van der Waals surface area contributed by atoms with Gasteiger partial charge in [-0.05, 0) is 37.6 Å². The summed E-state index contributed by atoms with van der Waals surface area (Å²) in [6, 6.07) is 12.8. The van der Waals surface area contributed by atoms with E-state index in [1.165, 1.54) is 12.1 Å². The molecule has 0 saturated heterocycles. The second-order valence-corrected chi connectivity index (χ2v) is 8.57. The lowest BCUT2D eigenvalue weighted by atomic mass is 10.2. The fourth-order valence-electron chi connectivity index (χ4n) is 2.88. The first-order chi connectivity index (χ1) is 12.9. The third-order valence-electron chi connectivity index (χ3n) is 4.09. The molecule has 8 heteroatoms. The monoisotopic (exact) mass is 405 g/mol. The minimum absolute atomic E-state index is 0.0781. The van der Waals surface area contributed by atoms with Crippen molar-refractivity contribution in [3.05, 3.63) is 48.0 Å². The standard InChI is InChI=1S/C19H23N3O3S2/c1-3-11-22-17-10-9-15(27(20,23)24)12-16(17)21-19(22)26-13-14-7-5-6-8-18(14)25-4-2/h5-10,12H,3-4,11,13H2,1-2H3,(H2,20,23,24). The van der Waals surface area contributed by atoms with Gasteiger partial charge in [-0.1, -0.05) is 36.9 Å². The highest BCUT2D eigenvalue weighted by Gasteiger charge is 2.15. The maximum atomic E-state index is 11.6. The Morgan fingerprint density at radius 3 is 2.67 bits per heavy atom. The predicted octanol–water partition coefficient (Wildman–Crippen LogP) is 3.78. The van der Waals surface area contributed by atoms with Gasteiger partial charge < -0.3 is 9.30 Å². The third-order valence-corrected chi connectivity index (χ3v) is 6.03. The summed E-state index contributed by atoms with van der Waals surface area (Å²) < 4.78 is 31.1. The van der Waals surface area contributed by atoms with Crippen LogP contribution in [0, 0.1) is 0 Å². The topological polar surface area (TPSA) is 87.2 Å². The Kier molecular flexibility index (Phi) is 6.08. The lowest BCUT2D eigenvalue weighted by Gasteiger charge is -2.10. The molecule has 0 fully saturated rings. The van der Waals surface area contributed by atoms with Crippen molar-refractivity contribution in [3.8, 4) is 5.75 Å². The Labute approximate surface area is 163 Å². The Bertz CT molecular complexity index is 1050. The maximum Gasteiger partial charge on any atom is 0.238 e. The molecule has 3 rings (SSSR count). The highest BCUT2D eigenvalue weighted by atomic mass is 32.2. The molecule has 27 heavy (non-hydrogen) atoms. The second-order valence-electron chi connectivity index (χ2n) is 6.07. The summed E-state index contributed by atoms with van der Waals surface area (Å²) in [5.74, 6) is 1.59. The van der Waals surface area contributed by atoms with Crippen molar-refractivity contribution in [1.82, 2.24) is 9.55 Å².